The summed E-state index contributed by atoms with van der Waals surface area (Å²) in [5.41, 5.74) is -0.992. The molecule has 0 bridgehead atoms. The number of amides is 1. The highest BCUT2D eigenvalue weighted by atomic mass is 19.4. The number of alkyl halides is 3. The summed E-state index contributed by atoms with van der Waals surface area (Å²) in [6.45, 7) is 0. The summed E-state index contributed by atoms with van der Waals surface area (Å²) in [4.78, 5) is 24.1. The molecule has 1 atom stereocenters. The number of halogens is 4. The molecule has 0 aliphatic heterocycles. The number of hydrogen-bond donors (Lipinski definition) is 1. The molecule has 0 aromatic heterocycles. The summed E-state index contributed by atoms with van der Waals surface area (Å²) in [6, 6.07) is 8.24. The van der Waals surface area contributed by atoms with Crippen LogP contribution in [0.4, 0.5) is 17.6 Å². The van der Waals surface area contributed by atoms with Gasteiger partial charge in [0.25, 0.3) is 5.91 Å². The number of methoxy groups -OCH3 is 1. The van der Waals surface area contributed by atoms with Gasteiger partial charge in [0.1, 0.15) is 11.9 Å². The Hall–Kier alpha value is -2.90. The molecule has 138 valence electrons. The lowest BCUT2D eigenvalue weighted by atomic mass is 10.0. The van der Waals surface area contributed by atoms with Crippen LogP contribution in [0.2, 0.25) is 0 Å². The van der Waals surface area contributed by atoms with Crippen LogP contribution >= 0.6 is 0 Å². The van der Waals surface area contributed by atoms with Crippen molar-refractivity contribution < 1.29 is 31.9 Å². The van der Waals surface area contributed by atoms with E-state index < -0.39 is 35.5 Å². The van der Waals surface area contributed by atoms with Crippen molar-refractivity contribution in [2.75, 3.05) is 7.11 Å². The van der Waals surface area contributed by atoms with Crippen LogP contribution in [0.3, 0.4) is 0 Å². The van der Waals surface area contributed by atoms with Crippen LogP contribution in [-0.2, 0) is 22.1 Å². The first kappa shape index (κ1) is 19.4. The molecule has 26 heavy (non-hydrogen) atoms. The molecule has 0 spiro atoms. The van der Waals surface area contributed by atoms with Crippen molar-refractivity contribution in [2.45, 2.75) is 18.6 Å². The van der Waals surface area contributed by atoms with E-state index in [0.29, 0.717) is 0 Å². The first-order valence-electron chi connectivity index (χ1n) is 7.51. The van der Waals surface area contributed by atoms with Gasteiger partial charge in [-0.2, -0.15) is 13.2 Å². The van der Waals surface area contributed by atoms with Crippen LogP contribution in [0.15, 0.2) is 48.5 Å². The molecule has 2 aromatic rings. The molecule has 4 nitrogen and oxygen atoms in total. The highest BCUT2D eigenvalue weighted by Gasteiger charge is 2.31. The van der Waals surface area contributed by atoms with Gasteiger partial charge in [0, 0.05) is 6.42 Å². The third-order valence-corrected chi connectivity index (χ3v) is 3.60. The summed E-state index contributed by atoms with van der Waals surface area (Å²) in [7, 11) is 1.08. The number of hydrogen-bond acceptors (Lipinski definition) is 3. The molecule has 0 radical (unpaired) electrons. The Bertz CT molecular complexity index is 805. The Morgan fingerprint density at radius 3 is 2.42 bits per heavy atom. The number of nitrogens with one attached hydrogen (secondary N) is 1. The van der Waals surface area contributed by atoms with E-state index in [1.807, 2.05) is 0 Å². The van der Waals surface area contributed by atoms with Gasteiger partial charge in [-0.05, 0) is 23.8 Å². The Morgan fingerprint density at radius 1 is 1.12 bits per heavy atom. The second-order valence-corrected chi connectivity index (χ2v) is 5.43. The number of benzene rings is 2. The predicted octanol–water partition coefficient (Wildman–Crippen LogP) is 3.36. The first-order chi connectivity index (χ1) is 12.2. The molecule has 8 heteroatoms. The number of carbonyl (C=O) groups excluding carboxylic acids is 2. The molecule has 0 aliphatic carbocycles. The normalized spacial score (nSPS) is 12.3. The molecule has 0 unspecified atom stereocenters. The van der Waals surface area contributed by atoms with Crippen LogP contribution < -0.4 is 5.32 Å². The van der Waals surface area contributed by atoms with Gasteiger partial charge in [-0.1, -0.05) is 30.3 Å². The van der Waals surface area contributed by atoms with E-state index in [0.717, 1.165) is 25.3 Å². The molecule has 1 N–H and O–H groups in total. The standard InChI is InChI=1S/C18H15F4NO3/c1-26-17(25)15(23-16(24)13-7-2-3-8-14(13)19)10-11-5-4-6-12(9-11)18(20,21)22/h2-9,15H,10H2,1H3,(H,23,24)/t15-/m1/s1. The minimum absolute atomic E-state index is 0.170. The molecule has 2 rings (SSSR count). The molecule has 0 fully saturated rings. The maximum absolute atomic E-state index is 13.7. The van der Waals surface area contributed by atoms with Gasteiger partial charge in [-0.25, -0.2) is 9.18 Å². The monoisotopic (exact) mass is 369 g/mol. The third-order valence-electron chi connectivity index (χ3n) is 3.60. The van der Waals surface area contributed by atoms with Gasteiger partial charge < -0.3 is 10.1 Å². The summed E-state index contributed by atoms with van der Waals surface area (Å²) in [5.74, 6) is -2.51. The van der Waals surface area contributed by atoms with E-state index in [2.05, 4.69) is 10.1 Å². The first-order valence-corrected chi connectivity index (χ1v) is 7.51. The van der Waals surface area contributed by atoms with Crippen molar-refractivity contribution in [2.24, 2.45) is 0 Å². The second-order valence-electron chi connectivity index (χ2n) is 5.43. The number of ether oxygens (including phenoxy) is 1. The molecule has 2 aromatic carbocycles. The summed E-state index contributed by atoms with van der Waals surface area (Å²) in [6.07, 6.45) is -4.77. The lowest BCUT2D eigenvalue weighted by Gasteiger charge is -2.17. The Kier molecular flexibility index (Phi) is 5.97. The zero-order valence-electron chi connectivity index (χ0n) is 13.6. The average molecular weight is 369 g/mol. The number of esters is 1. The summed E-state index contributed by atoms with van der Waals surface area (Å²) >= 11 is 0. The maximum Gasteiger partial charge on any atom is 0.416 e. The highest BCUT2D eigenvalue weighted by Crippen LogP contribution is 2.29. The highest BCUT2D eigenvalue weighted by molar-refractivity contribution is 5.97. The molecular weight excluding hydrogens is 354 g/mol. The third kappa shape index (κ3) is 4.81. The van der Waals surface area contributed by atoms with Crippen molar-refractivity contribution in [3.63, 3.8) is 0 Å². The molecular formula is C18H15F4NO3. The quantitative estimate of drug-likeness (QED) is 0.650. The van der Waals surface area contributed by atoms with Crippen LogP contribution in [0, 0.1) is 5.82 Å². The van der Waals surface area contributed by atoms with Gasteiger partial charge in [0.2, 0.25) is 0 Å². The number of carbonyl (C=O) groups is 2. The zero-order chi connectivity index (χ0) is 19.3. The fourth-order valence-electron chi connectivity index (χ4n) is 2.33. The smallest absolute Gasteiger partial charge is 0.416 e. The molecule has 0 aliphatic rings. The van der Waals surface area contributed by atoms with Gasteiger partial charge in [0.15, 0.2) is 0 Å². The summed E-state index contributed by atoms with van der Waals surface area (Å²) < 4.78 is 56.7. The predicted molar refractivity (Wildman–Crippen MR) is 84.8 cm³/mol. The van der Waals surface area contributed by atoms with E-state index in [-0.39, 0.29) is 17.5 Å². The lowest BCUT2D eigenvalue weighted by Crippen LogP contribution is -2.43. The van der Waals surface area contributed by atoms with Crippen molar-refractivity contribution >= 4 is 11.9 Å². The minimum Gasteiger partial charge on any atom is -0.467 e. The van der Waals surface area contributed by atoms with Gasteiger partial charge in [-0.3, -0.25) is 4.79 Å². The topological polar surface area (TPSA) is 55.4 Å². The van der Waals surface area contributed by atoms with Crippen molar-refractivity contribution in [1.82, 2.24) is 5.32 Å². The lowest BCUT2D eigenvalue weighted by molar-refractivity contribution is -0.142. The fourth-order valence-corrected chi connectivity index (χ4v) is 2.33. The van der Waals surface area contributed by atoms with Gasteiger partial charge in [0.05, 0.1) is 18.2 Å². The van der Waals surface area contributed by atoms with E-state index in [1.54, 1.807) is 0 Å². The Morgan fingerprint density at radius 2 is 1.81 bits per heavy atom. The van der Waals surface area contributed by atoms with Crippen LogP contribution in [0.1, 0.15) is 21.5 Å². The summed E-state index contributed by atoms with van der Waals surface area (Å²) in [5, 5.41) is 2.30. The van der Waals surface area contributed by atoms with E-state index in [9.17, 15) is 27.2 Å². The van der Waals surface area contributed by atoms with Crippen molar-refractivity contribution in [3.8, 4) is 0 Å². The van der Waals surface area contributed by atoms with Crippen LogP contribution in [0.5, 0.6) is 0 Å². The Balaban J connectivity index is 2.22. The van der Waals surface area contributed by atoms with Crippen LogP contribution in [-0.4, -0.2) is 25.0 Å². The van der Waals surface area contributed by atoms with E-state index in [4.69, 9.17) is 0 Å². The molecule has 0 saturated heterocycles. The minimum atomic E-state index is -4.53. The van der Waals surface area contributed by atoms with Crippen LogP contribution in [0.25, 0.3) is 0 Å². The fraction of sp³-hybridized carbons (Fsp3) is 0.222. The average Bonchev–Trinajstić information content (AvgIpc) is 2.60. The van der Waals surface area contributed by atoms with Gasteiger partial charge >= 0.3 is 12.1 Å². The second kappa shape index (κ2) is 7.99. The SMILES string of the molecule is COC(=O)[C@@H](Cc1cccc(C(F)(F)F)c1)NC(=O)c1ccccc1F. The molecule has 1 amide bonds. The van der Waals surface area contributed by atoms with Crippen molar-refractivity contribution in [1.29, 1.82) is 0 Å². The molecule has 0 heterocycles. The van der Waals surface area contributed by atoms with E-state index in [1.165, 1.54) is 30.3 Å². The largest absolute Gasteiger partial charge is 0.467 e. The van der Waals surface area contributed by atoms with Gasteiger partial charge in [-0.15, -0.1) is 0 Å². The van der Waals surface area contributed by atoms with E-state index >= 15 is 0 Å². The molecule has 0 saturated carbocycles. The maximum atomic E-state index is 13.7. The Labute approximate surface area is 146 Å². The zero-order valence-corrected chi connectivity index (χ0v) is 13.6. The van der Waals surface area contributed by atoms with Crippen molar-refractivity contribution in [3.05, 3.63) is 71.0 Å². The number of rotatable bonds is 5.